The molecule has 26 heavy (non-hydrogen) atoms. The Kier molecular flexibility index (Phi) is 4.28. The van der Waals surface area contributed by atoms with Crippen molar-refractivity contribution in [1.29, 1.82) is 0 Å². The Hall–Kier alpha value is -2.96. The molecule has 0 spiro atoms. The summed E-state index contributed by atoms with van der Waals surface area (Å²) in [6.45, 7) is 1.47. The lowest BCUT2D eigenvalue weighted by molar-refractivity contribution is -0.140. The number of aromatic amines is 1. The van der Waals surface area contributed by atoms with Gasteiger partial charge in [0.25, 0.3) is 11.5 Å². The normalized spacial score (nSPS) is 22.4. The fraction of sp³-hybridized carbons (Fsp3) is 0.368. The van der Waals surface area contributed by atoms with Crippen LogP contribution in [0.5, 0.6) is 0 Å². The van der Waals surface area contributed by atoms with Crippen LogP contribution in [-0.4, -0.2) is 50.7 Å². The van der Waals surface area contributed by atoms with E-state index in [1.54, 1.807) is 4.90 Å². The van der Waals surface area contributed by atoms with Gasteiger partial charge in [0.1, 0.15) is 5.69 Å². The molecule has 1 aromatic heterocycles. The first kappa shape index (κ1) is 16.5. The minimum absolute atomic E-state index is 0.00756. The van der Waals surface area contributed by atoms with Gasteiger partial charge in [-0.2, -0.15) is 0 Å². The molecule has 5 rings (SSSR count). The van der Waals surface area contributed by atoms with Crippen molar-refractivity contribution >= 4 is 11.8 Å². The molecular weight excluding hydrogens is 332 g/mol. The number of fused-ring (bicyclic) bond motifs is 4. The van der Waals surface area contributed by atoms with Crippen LogP contribution in [0.2, 0.25) is 0 Å². The summed E-state index contributed by atoms with van der Waals surface area (Å²) >= 11 is 0. The van der Waals surface area contributed by atoms with Gasteiger partial charge in [-0.15, -0.1) is 0 Å². The van der Waals surface area contributed by atoms with Crippen LogP contribution in [0.15, 0.2) is 47.5 Å². The topological polar surface area (TPSA) is 86.4 Å². The van der Waals surface area contributed by atoms with E-state index < -0.39 is 0 Å². The molecule has 4 heterocycles. The summed E-state index contributed by atoms with van der Waals surface area (Å²) in [7, 11) is 0. The molecule has 2 aromatic rings. The molecule has 134 valence electrons. The molecule has 3 aliphatic rings. The van der Waals surface area contributed by atoms with Crippen molar-refractivity contribution in [3.63, 3.8) is 0 Å². The van der Waals surface area contributed by atoms with Gasteiger partial charge in [0.05, 0.1) is 12.1 Å². The second-order valence-corrected chi connectivity index (χ2v) is 6.89. The number of nitrogens with one attached hydrogen (secondary N) is 1. The maximum atomic E-state index is 12.9. The predicted octanol–water partition coefficient (Wildman–Crippen LogP) is 1.03. The van der Waals surface area contributed by atoms with Crippen molar-refractivity contribution in [1.82, 2.24) is 19.8 Å². The van der Waals surface area contributed by atoms with E-state index in [4.69, 9.17) is 0 Å². The Morgan fingerprint density at radius 1 is 1.15 bits per heavy atom. The summed E-state index contributed by atoms with van der Waals surface area (Å²) in [6, 6.07) is 9.92. The largest absolute Gasteiger partial charge is 0.334 e. The number of carbonyl (C=O) groups excluding carboxylic acids is 2. The Morgan fingerprint density at radius 2 is 1.96 bits per heavy atom. The first-order valence-electron chi connectivity index (χ1n) is 8.80. The molecule has 0 radical (unpaired) electrons. The van der Waals surface area contributed by atoms with Crippen LogP contribution in [0.4, 0.5) is 0 Å². The van der Waals surface area contributed by atoms with Gasteiger partial charge in [0.15, 0.2) is 0 Å². The maximum absolute atomic E-state index is 12.9. The number of hydrogen-bond donors (Lipinski definition) is 1. The third-order valence-electron chi connectivity index (χ3n) is 5.17. The Morgan fingerprint density at radius 3 is 2.69 bits per heavy atom. The highest BCUT2D eigenvalue weighted by Crippen LogP contribution is 2.30. The van der Waals surface area contributed by atoms with Gasteiger partial charge in [0, 0.05) is 31.9 Å². The monoisotopic (exact) mass is 352 g/mol. The van der Waals surface area contributed by atoms with E-state index in [0.717, 1.165) is 24.6 Å². The molecule has 2 bridgehead atoms. The van der Waals surface area contributed by atoms with Crippen LogP contribution in [0.25, 0.3) is 0 Å². The summed E-state index contributed by atoms with van der Waals surface area (Å²) in [5.74, 6) is -0.300. The minimum atomic E-state index is -0.346. The Labute approximate surface area is 150 Å². The van der Waals surface area contributed by atoms with Gasteiger partial charge in [-0.1, -0.05) is 30.3 Å². The molecule has 0 unspecified atom stereocenters. The SMILES string of the molecule is O=C(c1c[nH]c(=O)cn1)N1C[C@@H]2CC[C@H](C1)N(Cc1ccccc1)C2=O. The Balaban J connectivity index is 1.55. The predicted molar refractivity (Wildman–Crippen MR) is 94.3 cm³/mol. The average Bonchev–Trinajstić information content (AvgIpc) is 2.95. The van der Waals surface area contributed by atoms with Crippen LogP contribution >= 0.6 is 0 Å². The molecule has 3 saturated heterocycles. The van der Waals surface area contributed by atoms with Gasteiger partial charge in [-0.05, 0) is 18.4 Å². The van der Waals surface area contributed by atoms with Crippen LogP contribution < -0.4 is 5.56 Å². The number of H-pyrrole nitrogens is 1. The van der Waals surface area contributed by atoms with Gasteiger partial charge in [0.2, 0.25) is 5.91 Å². The van der Waals surface area contributed by atoms with E-state index in [1.165, 1.54) is 6.20 Å². The van der Waals surface area contributed by atoms with Gasteiger partial charge < -0.3 is 14.8 Å². The zero-order valence-corrected chi connectivity index (χ0v) is 14.3. The molecule has 0 saturated carbocycles. The molecule has 1 aromatic carbocycles. The fourth-order valence-corrected chi connectivity index (χ4v) is 3.82. The van der Waals surface area contributed by atoms with Crippen LogP contribution in [-0.2, 0) is 11.3 Å². The van der Waals surface area contributed by atoms with E-state index in [0.29, 0.717) is 19.6 Å². The van der Waals surface area contributed by atoms with Crippen molar-refractivity contribution in [2.75, 3.05) is 13.1 Å². The van der Waals surface area contributed by atoms with Gasteiger partial charge in [-0.3, -0.25) is 14.4 Å². The summed E-state index contributed by atoms with van der Waals surface area (Å²) in [6.07, 6.45) is 4.14. The molecule has 7 nitrogen and oxygen atoms in total. The highest BCUT2D eigenvalue weighted by atomic mass is 16.2. The molecule has 3 fully saturated rings. The summed E-state index contributed by atoms with van der Waals surface area (Å²) in [5.41, 5.74) is 0.947. The highest BCUT2D eigenvalue weighted by molar-refractivity contribution is 5.93. The number of rotatable bonds is 3. The van der Waals surface area contributed by atoms with Crippen molar-refractivity contribution in [3.05, 3.63) is 64.3 Å². The molecule has 0 aliphatic carbocycles. The number of hydrogen-bond acceptors (Lipinski definition) is 4. The van der Waals surface area contributed by atoms with E-state index >= 15 is 0 Å². The molecule has 7 heteroatoms. The quantitative estimate of drug-likeness (QED) is 0.894. The minimum Gasteiger partial charge on any atom is -0.334 e. The third-order valence-corrected chi connectivity index (χ3v) is 5.17. The lowest BCUT2D eigenvalue weighted by Gasteiger charge is -2.36. The number of piperidine rings is 1. The van der Waals surface area contributed by atoms with Crippen LogP contribution in [0.3, 0.4) is 0 Å². The second kappa shape index (κ2) is 6.74. The fourth-order valence-electron chi connectivity index (χ4n) is 3.82. The second-order valence-electron chi connectivity index (χ2n) is 6.89. The van der Waals surface area contributed by atoms with Crippen LogP contribution in [0.1, 0.15) is 28.9 Å². The van der Waals surface area contributed by atoms with Gasteiger partial charge in [-0.25, -0.2) is 4.98 Å². The van der Waals surface area contributed by atoms with E-state index in [2.05, 4.69) is 9.97 Å². The standard InChI is InChI=1S/C19H20N4O3/c24-17-9-20-16(8-21-17)19(26)22-11-14-6-7-15(12-22)23(18(14)25)10-13-4-2-1-3-5-13/h1-5,8-9,14-15H,6-7,10-12H2,(H,21,24)/t14-,15+/m0/s1. The van der Waals surface area contributed by atoms with Crippen LogP contribution in [0, 0.1) is 5.92 Å². The smallest absolute Gasteiger partial charge is 0.274 e. The summed E-state index contributed by atoms with van der Waals surface area (Å²) in [5, 5.41) is 0. The molecule has 1 N–H and O–H groups in total. The van der Waals surface area contributed by atoms with Crippen molar-refractivity contribution in [2.24, 2.45) is 5.92 Å². The number of carbonyl (C=O) groups is 2. The average molecular weight is 352 g/mol. The molecular formula is C19H20N4O3. The first-order valence-corrected chi connectivity index (χ1v) is 8.80. The number of amides is 2. The van der Waals surface area contributed by atoms with E-state index in [1.807, 2.05) is 35.2 Å². The highest BCUT2D eigenvalue weighted by Gasteiger charge is 2.42. The molecule has 2 atom stereocenters. The van der Waals surface area contributed by atoms with Crippen molar-refractivity contribution in [2.45, 2.75) is 25.4 Å². The zero-order valence-electron chi connectivity index (χ0n) is 14.3. The van der Waals surface area contributed by atoms with E-state index in [-0.39, 0.29) is 35.0 Å². The first-order chi connectivity index (χ1) is 12.6. The van der Waals surface area contributed by atoms with E-state index in [9.17, 15) is 14.4 Å². The lowest BCUT2D eigenvalue weighted by Crippen LogP contribution is -2.47. The summed E-state index contributed by atoms with van der Waals surface area (Å²) in [4.78, 5) is 46.8. The number of nitrogens with zero attached hydrogens (tertiary/aromatic N) is 3. The Bertz CT molecular complexity index is 859. The molecule has 2 amide bonds. The summed E-state index contributed by atoms with van der Waals surface area (Å²) < 4.78 is 0. The zero-order chi connectivity index (χ0) is 18.1. The lowest BCUT2D eigenvalue weighted by atomic mass is 9.93. The number of aromatic nitrogens is 2. The maximum Gasteiger partial charge on any atom is 0.274 e. The number of benzene rings is 1. The van der Waals surface area contributed by atoms with Crippen molar-refractivity contribution in [3.8, 4) is 0 Å². The van der Waals surface area contributed by atoms with Crippen molar-refractivity contribution < 1.29 is 9.59 Å². The van der Waals surface area contributed by atoms with Gasteiger partial charge >= 0.3 is 0 Å². The molecule has 3 aliphatic heterocycles. The third kappa shape index (κ3) is 3.12.